The van der Waals surface area contributed by atoms with Crippen molar-refractivity contribution < 1.29 is 19.1 Å². The lowest BCUT2D eigenvalue weighted by Crippen LogP contribution is -2.52. The van der Waals surface area contributed by atoms with Crippen molar-refractivity contribution in [2.75, 3.05) is 39.4 Å². The molecule has 0 bridgehead atoms. The number of rotatable bonds is 2. The van der Waals surface area contributed by atoms with Gasteiger partial charge in [0, 0.05) is 33.1 Å². The van der Waals surface area contributed by atoms with Crippen LogP contribution in [-0.2, 0) is 15.0 Å². The van der Waals surface area contributed by atoms with Crippen LogP contribution in [0, 0.1) is 0 Å². The van der Waals surface area contributed by atoms with E-state index in [1.54, 1.807) is 11.8 Å². The highest BCUT2D eigenvalue weighted by molar-refractivity contribution is 5.91. The van der Waals surface area contributed by atoms with Crippen molar-refractivity contribution in [2.24, 2.45) is 0 Å². The number of hydrogen-bond donors (Lipinski definition) is 0. The lowest BCUT2D eigenvalue weighted by Gasteiger charge is -2.36. The molecule has 1 aromatic rings. The summed E-state index contributed by atoms with van der Waals surface area (Å²) < 4.78 is 11.2. The second-order valence-electron chi connectivity index (χ2n) is 6.74. The average molecular weight is 330 g/mol. The summed E-state index contributed by atoms with van der Waals surface area (Å²) in [6.07, 6.45) is 1.75. The van der Waals surface area contributed by atoms with E-state index in [0.29, 0.717) is 39.4 Å². The Morgan fingerprint density at radius 3 is 2.21 bits per heavy atom. The van der Waals surface area contributed by atoms with Gasteiger partial charge in [-0.05, 0) is 30.5 Å². The summed E-state index contributed by atoms with van der Waals surface area (Å²) in [5, 5.41) is 0. The fraction of sp³-hybridized carbons (Fsp3) is 0.556. The summed E-state index contributed by atoms with van der Waals surface area (Å²) in [5.74, 6) is 1.75. The Morgan fingerprint density at radius 2 is 1.58 bits per heavy atom. The van der Waals surface area contributed by atoms with Gasteiger partial charge in [-0.2, -0.15) is 0 Å². The molecule has 1 aromatic carbocycles. The first kappa shape index (κ1) is 15.3. The molecule has 6 nitrogen and oxygen atoms in total. The van der Waals surface area contributed by atoms with Gasteiger partial charge in [-0.3, -0.25) is 9.59 Å². The number of hydrogen-bond acceptors (Lipinski definition) is 4. The molecule has 24 heavy (non-hydrogen) atoms. The van der Waals surface area contributed by atoms with Crippen LogP contribution in [0.1, 0.15) is 25.3 Å². The molecule has 6 heteroatoms. The number of benzene rings is 1. The van der Waals surface area contributed by atoms with Crippen LogP contribution in [-0.4, -0.2) is 61.0 Å². The minimum absolute atomic E-state index is 0.0788. The molecule has 1 aliphatic carbocycles. The summed E-state index contributed by atoms with van der Waals surface area (Å²) >= 11 is 0. The van der Waals surface area contributed by atoms with Gasteiger partial charge in [0.2, 0.25) is 11.8 Å². The highest BCUT2D eigenvalue weighted by Gasteiger charge is 2.53. The first-order chi connectivity index (χ1) is 11.6. The molecule has 0 aromatic heterocycles. The molecule has 0 N–H and O–H groups in total. The Kier molecular flexibility index (Phi) is 3.62. The Morgan fingerprint density at radius 1 is 0.958 bits per heavy atom. The van der Waals surface area contributed by atoms with Gasteiger partial charge in [-0.25, -0.2) is 0 Å². The third-order valence-electron chi connectivity index (χ3n) is 5.27. The third kappa shape index (κ3) is 2.50. The van der Waals surface area contributed by atoms with Gasteiger partial charge in [0.15, 0.2) is 11.5 Å². The summed E-state index contributed by atoms with van der Waals surface area (Å²) in [7, 11) is 0. The smallest absolute Gasteiger partial charge is 0.233 e. The van der Waals surface area contributed by atoms with Gasteiger partial charge in [0.05, 0.1) is 5.41 Å². The second-order valence-corrected chi connectivity index (χ2v) is 6.74. The van der Waals surface area contributed by atoms with E-state index in [9.17, 15) is 9.59 Å². The van der Waals surface area contributed by atoms with E-state index in [0.717, 1.165) is 29.9 Å². The fourth-order valence-corrected chi connectivity index (χ4v) is 3.62. The van der Waals surface area contributed by atoms with Gasteiger partial charge in [-0.1, -0.05) is 6.07 Å². The van der Waals surface area contributed by atoms with Crippen molar-refractivity contribution in [3.05, 3.63) is 23.8 Å². The van der Waals surface area contributed by atoms with Crippen LogP contribution in [0.25, 0.3) is 0 Å². The molecule has 128 valence electrons. The van der Waals surface area contributed by atoms with Crippen molar-refractivity contribution >= 4 is 11.8 Å². The van der Waals surface area contributed by atoms with E-state index in [1.165, 1.54) is 0 Å². The SMILES string of the molecule is CC(=O)N1CCN(C(=O)C2(c3ccc4c(c3)OCCO4)CC2)CC1. The van der Waals surface area contributed by atoms with E-state index in [1.807, 2.05) is 23.1 Å². The number of ether oxygens (including phenoxy) is 2. The number of piperazine rings is 1. The minimum atomic E-state index is -0.409. The number of carbonyl (C=O) groups is 2. The highest BCUT2D eigenvalue weighted by atomic mass is 16.6. The predicted octanol–water partition coefficient (Wildman–Crippen LogP) is 1.18. The van der Waals surface area contributed by atoms with Gasteiger partial charge < -0.3 is 19.3 Å². The van der Waals surface area contributed by atoms with E-state index in [-0.39, 0.29) is 11.8 Å². The fourth-order valence-electron chi connectivity index (χ4n) is 3.62. The van der Waals surface area contributed by atoms with Crippen molar-refractivity contribution in [3.8, 4) is 11.5 Å². The van der Waals surface area contributed by atoms with Gasteiger partial charge in [-0.15, -0.1) is 0 Å². The van der Waals surface area contributed by atoms with Crippen LogP contribution in [0.5, 0.6) is 11.5 Å². The standard InChI is InChI=1S/C18H22N2O4/c1-13(21)19-6-8-20(9-7-19)17(22)18(4-5-18)14-2-3-15-16(12-14)24-11-10-23-15/h2-3,12H,4-11H2,1H3. The van der Waals surface area contributed by atoms with E-state index in [2.05, 4.69) is 0 Å². The largest absolute Gasteiger partial charge is 0.486 e. The average Bonchev–Trinajstić information content (AvgIpc) is 3.42. The lowest BCUT2D eigenvalue weighted by atomic mass is 9.93. The van der Waals surface area contributed by atoms with Crippen molar-refractivity contribution in [1.82, 2.24) is 9.80 Å². The molecule has 0 spiro atoms. The van der Waals surface area contributed by atoms with Crippen LogP contribution in [0.15, 0.2) is 18.2 Å². The maximum Gasteiger partial charge on any atom is 0.233 e. The van der Waals surface area contributed by atoms with E-state index >= 15 is 0 Å². The summed E-state index contributed by atoms with van der Waals surface area (Å²) in [4.78, 5) is 28.2. The van der Waals surface area contributed by atoms with Crippen molar-refractivity contribution in [2.45, 2.75) is 25.2 Å². The number of fused-ring (bicyclic) bond motifs is 1. The number of nitrogens with zero attached hydrogens (tertiary/aromatic N) is 2. The van der Waals surface area contributed by atoms with Crippen LogP contribution in [0.3, 0.4) is 0 Å². The summed E-state index contributed by atoms with van der Waals surface area (Å²) in [6, 6.07) is 5.86. The van der Waals surface area contributed by atoms with Crippen LogP contribution in [0.4, 0.5) is 0 Å². The molecule has 1 saturated carbocycles. The summed E-state index contributed by atoms with van der Waals surface area (Å²) in [5.41, 5.74) is 0.611. The molecule has 4 rings (SSSR count). The molecule has 2 aliphatic heterocycles. The molecule has 0 radical (unpaired) electrons. The zero-order chi connectivity index (χ0) is 16.7. The van der Waals surface area contributed by atoms with Gasteiger partial charge in [0.25, 0.3) is 0 Å². The number of amides is 2. The molecular formula is C18H22N2O4. The lowest BCUT2D eigenvalue weighted by molar-refractivity contribution is -0.140. The third-order valence-corrected chi connectivity index (χ3v) is 5.27. The maximum atomic E-state index is 13.1. The van der Waals surface area contributed by atoms with E-state index < -0.39 is 5.41 Å². The van der Waals surface area contributed by atoms with Crippen LogP contribution in [0.2, 0.25) is 0 Å². The quantitative estimate of drug-likeness (QED) is 0.817. The normalized spacial score (nSPS) is 21.4. The Hall–Kier alpha value is -2.24. The molecule has 2 heterocycles. The van der Waals surface area contributed by atoms with Crippen LogP contribution < -0.4 is 9.47 Å². The van der Waals surface area contributed by atoms with E-state index in [4.69, 9.17) is 9.47 Å². The molecular weight excluding hydrogens is 308 g/mol. The maximum absolute atomic E-state index is 13.1. The second kappa shape index (κ2) is 5.69. The molecule has 1 saturated heterocycles. The Labute approximate surface area is 141 Å². The zero-order valence-electron chi connectivity index (χ0n) is 13.9. The number of carbonyl (C=O) groups excluding carboxylic acids is 2. The van der Waals surface area contributed by atoms with Crippen molar-refractivity contribution in [3.63, 3.8) is 0 Å². The van der Waals surface area contributed by atoms with Gasteiger partial charge in [0.1, 0.15) is 13.2 Å². The highest BCUT2D eigenvalue weighted by Crippen LogP contribution is 2.51. The predicted molar refractivity (Wildman–Crippen MR) is 87.2 cm³/mol. The topological polar surface area (TPSA) is 59.1 Å². The first-order valence-electron chi connectivity index (χ1n) is 8.55. The van der Waals surface area contributed by atoms with Gasteiger partial charge >= 0.3 is 0 Å². The van der Waals surface area contributed by atoms with Crippen LogP contribution >= 0.6 is 0 Å². The summed E-state index contributed by atoms with van der Waals surface area (Å²) in [6.45, 7) is 5.17. The zero-order valence-corrected chi connectivity index (χ0v) is 13.9. The monoisotopic (exact) mass is 330 g/mol. The Balaban J connectivity index is 1.51. The minimum Gasteiger partial charge on any atom is -0.486 e. The molecule has 0 atom stereocenters. The van der Waals surface area contributed by atoms with Crippen molar-refractivity contribution in [1.29, 1.82) is 0 Å². The molecule has 0 unspecified atom stereocenters. The molecule has 2 amide bonds. The Bertz CT molecular complexity index is 676. The molecule has 3 aliphatic rings. The first-order valence-corrected chi connectivity index (χ1v) is 8.55. The molecule has 2 fully saturated rings.